The Balaban J connectivity index is 1.60. The van der Waals surface area contributed by atoms with Crippen molar-refractivity contribution in [2.45, 2.75) is 51.4 Å². The number of nitrogens with two attached hydrogens (primary N) is 2. The van der Waals surface area contributed by atoms with Crippen molar-refractivity contribution < 1.29 is 9.13 Å². The molecular formula is C23H32FN5O. The number of likely N-dealkylation sites (tertiary alicyclic amines) is 1. The topological polar surface area (TPSA) is 101 Å². The molecule has 6 nitrogen and oxygen atoms in total. The van der Waals surface area contributed by atoms with Gasteiger partial charge in [0.25, 0.3) is 0 Å². The minimum Gasteiger partial charge on any atom is -0.497 e. The molecule has 0 amide bonds. The second-order valence-corrected chi connectivity index (χ2v) is 8.29. The van der Waals surface area contributed by atoms with E-state index in [0.29, 0.717) is 36.9 Å². The van der Waals surface area contributed by atoms with Crippen molar-refractivity contribution in [1.82, 2.24) is 4.90 Å². The van der Waals surface area contributed by atoms with Gasteiger partial charge in [-0.1, -0.05) is 30.4 Å². The summed E-state index contributed by atoms with van der Waals surface area (Å²) in [5, 5.41) is 7.94. The zero-order valence-corrected chi connectivity index (χ0v) is 17.7. The standard InChI is InChI=1S/C23H32FN5O/c1-15-10-17(11-16(2)29(15)12-18-6-3-4-7-19(18)24)13-30-21-9-5-8-20(28-14-25)22(21)23(26)27/h3-9,14-17,20,22H,10-13H2,1-2H3,(H2,25,28)(H3,26,27). The Morgan fingerprint density at radius 2 is 2.00 bits per heavy atom. The molecule has 4 unspecified atom stereocenters. The van der Waals surface area contributed by atoms with Crippen molar-refractivity contribution >= 4 is 12.2 Å². The minimum atomic E-state index is -0.425. The lowest BCUT2D eigenvalue weighted by Crippen LogP contribution is -2.47. The van der Waals surface area contributed by atoms with Gasteiger partial charge in [-0.25, -0.2) is 4.39 Å². The summed E-state index contributed by atoms with van der Waals surface area (Å²) >= 11 is 0. The zero-order valence-electron chi connectivity index (χ0n) is 17.7. The number of amidine groups is 1. The lowest BCUT2D eigenvalue weighted by Gasteiger charge is -2.43. The largest absolute Gasteiger partial charge is 0.497 e. The second-order valence-electron chi connectivity index (χ2n) is 8.29. The number of nitrogens with one attached hydrogen (secondary N) is 1. The van der Waals surface area contributed by atoms with E-state index in [9.17, 15) is 4.39 Å². The number of benzene rings is 1. The minimum absolute atomic E-state index is 0.0163. The lowest BCUT2D eigenvalue weighted by molar-refractivity contribution is 0.0291. The Kier molecular flexibility index (Phi) is 7.26. The quantitative estimate of drug-likeness (QED) is 0.472. The number of hydrogen-bond donors (Lipinski definition) is 3. The highest BCUT2D eigenvalue weighted by Crippen LogP contribution is 2.32. The number of rotatable bonds is 7. The molecule has 1 aromatic rings. The van der Waals surface area contributed by atoms with Crippen molar-refractivity contribution in [3.63, 3.8) is 0 Å². The van der Waals surface area contributed by atoms with Gasteiger partial charge in [-0.05, 0) is 44.7 Å². The van der Waals surface area contributed by atoms with Crippen LogP contribution in [0.15, 0.2) is 53.2 Å². The molecule has 5 N–H and O–H groups in total. The van der Waals surface area contributed by atoms with E-state index in [2.05, 4.69) is 23.7 Å². The van der Waals surface area contributed by atoms with Gasteiger partial charge in [0.05, 0.1) is 24.9 Å². The summed E-state index contributed by atoms with van der Waals surface area (Å²) in [6.07, 6.45) is 8.77. The predicted molar refractivity (Wildman–Crippen MR) is 119 cm³/mol. The first-order chi connectivity index (χ1) is 14.4. The Morgan fingerprint density at radius 1 is 1.30 bits per heavy atom. The number of nitrogens with zero attached hydrogens (tertiary/aromatic N) is 2. The average Bonchev–Trinajstić information content (AvgIpc) is 2.70. The maximum absolute atomic E-state index is 14.1. The van der Waals surface area contributed by atoms with Crippen LogP contribution in [0, 0.1) is 23.1 Å². The van der Waals surface area contributed by atoms with E-state index in [0.717, 1.165) is 18.4 Å². The Bertz CT molecular complexity index is 825. The summed E-state index contributed by atoms with van der Waals surface area (Å²) in [6, 6.07) is 7.31. The molecule has 1 saturated heterocycles. The van der Waals surface area contributed by atoms with E-state index in [1.54, 1.807) is 6.07 Å². The van der Waals surface area contributed by atoms with E-state index in [-0.39, 0.29) is 17.7 Å². The second kappa shape index (κ2) is 9.89. The highest BCUT2D eigenvalue weighted by atomic mass is 19.1. The van der Waals surface area contributed by atoms with Crippen molar-refractivity contribution in [2.24, 2.45) is 28.3 Å². The molecule has 3 rings (SSSR count). The monoisotopic (exact) mass is 413 g/mol. The number of piperidine rings is 1. The molecule has 0 bridgehead atoms. The molecule has 4 atom stereocenters. The molecule has 7 heteroatoms. The maximum Gasteiger partial charge on any atom is 0.127 e. The molecule has 2 aliphatic rings. The predicted octanol–water partition coefficient (Wildman–Crippen LogP) is 3.19. The van der Waals surface area contributed by atoms with Crippen molar-refractivity contribution in [2.75, 3.05) is 6.61 Å². The van der Waals surface area contributed by atoms with Crippen LogP contribution in [0.2, 0.25) is 0 Å². The van der Waals surface area contributed by atoms with Gasteiger partial charge in [-0.15, -0.1) is 0 Å². The van der Waals surface area contributed by atoms with Crippen molar-refractivity contribution in [3.8, 4) is 0 Å². The summed E-state index contributed by atoms with van der Waals surface area (Å²) in [7, 11) is 0. The number of ether oxygens (including phenoxy) is 1. The smallest absolute Gasteiger partial charge is 0.127 e. The van der Waals surface area contributed by atoms with Crippen LogP contribution in [0.4, 0.5) is 4.39 Å². The van der Waals surface area contributed by atoms with E-state index in [1.807, 2.05) is 30.4 Å². The van der Waals surface area contributed by atoms with Gasteiger partial charge in [0.2, 0.25) is 0 Å². The molecule has 1 heterocycles. The lowest BCUT2D eigenvalue weighted by atomic mass is 9.87. The van der Waals surface area contributed by atoms with Gasteiger partial charge >= 0.3 is 0 Å². The molecule has 1 aromatic carbocycles. The van der Waals surface area contributed by atoms with Gasteiger partial charge in [-0.2, -0.15) is 0 Å². The van der Waals surface area contributed by atoms with Crippen LogP contribution in [-0.4, -0.2) is 41.8 Å². The van der Waals surface area contributed by atoms with Crippen molar-refractivity contribution in [1.29, 1.82) is 5.41 Å². The zero-order chi connectivity index (χ0) is 21.7. The summed E-state index contributed by atoms with van der Waals surface area (Å²) in [5.74, 6) is 0.482. The van der Waals surface area contributed by atoms with Gasteiger partial charge in [0.1, 0.15) is 17.4 Å². The fourth-order valence-electron chi connectivity index (χ4n) is 4.61. The molecule has 1 aliphatic carbocycles. The Morgan fingerprint density at radius 3 is 2.63 bits per heavy atom. The Hall–Kier alpha value is -2.67. The van der Waals surface area contributed by atoms with Gasteiger partial charge in [0.15, 0.2) is 0 Å². The SMILES string of the molecule is CC1CC(COC2=CC=CC(N=CN)C2C(=N)N)CC(C)N1Cc1ccccc1F. The molecule has 0 aromatic heterocycles. The van der Waals surface area contributed by atoms with Crippen LogP contribution in [0.25, 0.3) is 0 Å². The van der Waals surface area contributed by atoms with Crippen LogP contribution < -0.4 is 11.5 Å². The summed E-state index contributed by atoms with van der Waals surface area (Å²) in [5.41, 5.74) is 12.0. The summed E-state index contributed by atoms with van der Waals surface area (Å²) < 4.78 is 20.2. The third-order valence-corrected chi connectivity index (χ3v) is 6.09. The molecule has 0 spiro atoms. The van der Waals surface area contributed by atoms with Crippen LogP contribution in [0.3, 0.4) is 0 Å². The maximum atomic E-state index is 14.1. The average molecular weight is 414 g/mol. The molecule has 1 fully saturated rings. The third kappa shape index (κ3) is 5.08. The van der Waals surface area contributed by atoms with Crippen LogP contribution in [-0.2, 0) is 11.3 Å². The number of halogens is 1. The third-order valence-electron chi connectivity index (χ3n) is 6.09. The normalized spacial score (nSPS) is 29.7. The van der Waals surface area contributed by atoms with E-state index < -0.39 is 5.92 Å². The Labute approximate surface area is 178 Å². The first kappa shape index (κ1) is 22.0. The first-order valence-corrected chi connectivity index (χ1v) is 10.5. The number of hydrogen-bond acceptors (Lipinski definition) is 4. The molecule has 0 saturated carbocycles. The molecular weight excluding hydrogens is 381 g/mol. The van der Waals surface area contributed by atoms with E-state index >= 15 is 0 Å². The summed E-state index contributed by atoms with van der Waals surface area (Å²) in [6.45, 7) is 5.56. The first-order valence-electron chi connectivity index (χ1n) is 10.5. The van der Waals surface area contributed by atoms with E-state index in [1.165, 1.54) is 12.4 Å². The molecule has 162 valence electrons. The van der Waals surface area contributed by atoms with E-state index in [4.69, 9.17) is 21.6 Å². The van der Waals surface area contributed by atoms with Crippen LogP contribution in [0.1, 0.15) is 32.3 Å². The number of allylic oxidation sites excluding steroid dienone is 2. The van der Waals surface area contributed by atoms with Gasteiger partial charge < -0.3 is 16.2 Å². The van der Waals surface area contributed by atoms with Crippen molar-refractivity contribution in [3.05, 3.63) is 59.6 Å². The molecule has 30 heavy (non-hydrogen) atoms. The molecule has 0 radical (unpaired) electrons. The highest BCUT2D eigenvalue weighted by molar-refractivity contribution is 5.84. The molecule has 1 aliphatic heterocycles. The van der Waals surface area contributed by atoms with Gasteiger partial charge in [0, 0.05) is 24.2 Å². The summed E-state index contributed by atoms with van der Waals surface area (Å²) in [4.78, 5) is 6.56. The van der Waals surface area contributed by atoms with Gasteiger partial charge in [-0.3, -0.25) is 15.3 Å². The fraction of sp³-hybridized carbons (Fsp3) is 0.478. The fourth-order valence-corrected chi connectivity index (χ4v) is 4.61. The van der Waals surface area contributed by atoms with Crippen LogP contribution in [0.5, 0.6) is 0 Å². The highest BCUT2D eigenvalue weighted by Gasteiger charge is 2.33. The van der Waals surface area contributed by atoms with Crippen LogP contribution >= 0.6 is 0 Å². The number of aliphatic imine (C=N–C) groups is 1.